The van der Waals surface area contributed by atoms with Crippen molar-refractivity contribution in [3.05, 3.63) is 65.7 Å². The number of ether oxygens (including phenoxy) is 1. The maximum absolute atomic E-state index is 5.36. The van der Waals surface area contributed by atoms with Crippen LogP contribution in [0, 0.1) is 11.8 Å². The highest BCUT2D eigenvalue weighted by Gasteiger charge is 2.77. The maximum atomic E-state index is 5.36. The smallest absolute Gasteiger partial charge is 0.118 e. The third-order valence-electron chi connectivity index (χ3n) is 7.34. The zero-order chi connectivity index (χ0) is 16.2. The van der Waals surface area contributed by atoms with E-state index in [1.807, 2.05) is 0 Å². The van der Waals surface area contributed by atoms with E-state index in [1.165, 1.54) is 38.5 Å². The summed E-state index contributed by atoms with van der Waals surface area (Å²) in [5.74, 6) is 2.75. The molecule has 2 aromatic carbocycles. The average molecular weight is 318 g/mol. The number of hydrogen-bond acceptors (Lipinski definition) is 1. The Balaban J connectivity index is 1.52. The summed E-state index contributed by atoms with van der Waals surface area (Å²) in [6, 6.07) is 20.3. The van der Waals surface area contributed by atoms with Crippen molar-refractivity contribution in [1.82, 2.24) is 0 Å². The Morgan fingerprint density at radius 1 is 0.792 bits per heavy atom. The van der Waals surface area contributed by atoms with Crippen molar-refractivity contribution in [3.63, 3.8) is 0 Å². The molecule has 2 aromatic rings. The van der Waals surface area contributed by atoms with Crippen LogP contribution in [0.15, 0.2) is 54.6 Å². The predicted molar refractivity (Wildman–Crippen MR) is 97.5 cm³/mol. The average Bonchev–Trinajstić information content (AvgIpc) is 3.08. The van der Waals surface area contributed by atoms with Gasteiger partial charge in [0.05, 0.1) is 7.11 Å². The Morgan fingerprint density at radius 2 is 1.38 bits per heavy atom. The van der Waals surface area contributed by atoms with Crippen LogP contribution >= 0.6 is 0 Å². The molecule has 2 bridgehead atoms. The minimum atomic E-state index is 0.442. The molecule has 4 aliphatic rings. The van der Waals surface area contributed by atoms with E-state index in [-0.39, 0.29) is 0 Å². The van der Waals surface area contributed by atoms with Crippen LogP contribution in [0.25, 0.3) is 0 Å². The highest BCUT2D eigenvalue weighted by atomic mass is 16.5. The predicted octanol–water partition coefficient (Wildman–Crippen LogP) is 5.48. The lowest BCUT2D eigenvalue weighted by molar-refractivity contribution is -0.184. The van der Waals surface area contributed by atoms with Crippen LogP contribution in [0.1, 0.15) is 49.7 Å². The first kappa shape index (κ1) is 14.6. The maximum Gasteiger partial charge on any atom is 0.118 e. The number of hydrogen-bond donors (Lipinski definition) is 0. The molecule has 124 valence electrons. The summed E-state index contributed by atoms with van der Waals surface area (Å²) in [5, 5.41) is 0. The van der Waals surface area contributed by atoms with Gasteiger partial charge >= 0.3 is 0 Å². The van der Waals surface area contributed by atoms with Crippen LogP contribution in [0.4, 0.5) is 0 Å². The summed E-state index contributed by atoms with van der Waals surface area (Å²) in [6.45, 7) is 0. The van der Waals surface area contributed by atoms with Gasteiger partial charge in [-0.05, 0) is 47.9 Å². The first-order valence-corrected chi connectivity index (χ1v) is 9.49. The van der Waals surface area contributed by atoms with E-state index in [0.717, 1.165) is 17.6 Å². The Bertz CT molecular complexity index is 718. The van der Waals surface area contributed by atoms with Gasteiger partial charge < -0.3 is 4.74 Å². The van der Waals surface area contributed by atoms with Crippen molar-refractivity contribution in [2.75, 3.05) is 7.11 Å². The first-order valence-electron chi connectivity index (χ1n) is 9.49. The molecule has 0 radical (unpaired) electrons. The zero-order valence-electron chi connectivity index (χ0n) is 14.5. The van der Waals surface area contributed by atoms with E-state index in [2.05, 4.69) is 54.6 Å². The molecular weight excluding hydrogens is 292 g/mol. The van der Waals surface area contributed by atoms with Gasteiger partial charge in [0.1, 0.15) is 5.75 Å². The van der Waals surface area contributed by atoms with Gasteiger partial charge in [-0.15, -0.1) is 0 Å². The van der Waals surface area contributed by atoms with Crippen molar-refractivity contribution >= 4 is 0 Å². The molecule has 0 N–H and O–H groups in total. The van der Waals surface area contributed by atoms with E-state index >= 15 is 0 Å². The second-order valence-electron chi connectivity index (χ2n) is 8.28. The van der Waals surface area contributed by atoms with Crippen LogP contribution in [-0.4, -0.2) is 7.11 Å². The molecule has 4 fully saturated rings. The SMILES string of the molecule is COc1ccc(C23CC(c4ccccc4)(C2)[C@@H]3C2CCCC2)cc1. The van der Waals surface area contributed by atoms with E-state index in [0.29, 0.717) is 10.8 Å². The van der Waals surface area contributed by atoms with Crippen LogP contribution in [-0.2, 0) is 10.8 Å². The molecule has 0 saturated heterocycles. The number of rotatable bonds is 4. The third kappa shape index (κ3) is 1.76. The largest absolute Gasteiger partial charge is 0.497 e. The molecule has 0 heterocycles. The van der Waals surface area contributed by atoms with Crippen LogP contribution in [0.3, 0.4) is 0 Å². The summed E-state index contributed by atoms with van der Waals surface area (Å²) in [5.41, 5.74) is 4.06. The summed E-state index contributed by atoms with van der Waals surface area (Å²) in [6.07, 6.45) is 8.44. The van der Waals surface area contributed by atoms with Gasteiger partial charge in [-0.1, -0.05) is 68.1 Å². The fourth-order valence-electron chi connectivity index (χ4n) is 6.43. The van der Waals surface area contributed by atoms with E-state index in [1.54, 1.807) is 18.2 Å². The summed E-state index contributed by atoms with van der Waals surface area (Å²) < 4.78 is 5.36. The van der Waals surface area contributed by atoms with Crippen molar-refractivity contribution in [1.29, 1.82) is 0 Å². The zero-order valence-corrected chi connectivity index (χ0v) is 14.5. The van der Waals surface area contributed by atoms with Crippen molar-refractivity contribution in [2.45, 2.75) is 49.4 Å². The Hall–Kier alpha value is -1.76. The lowest BCUT2D eigenvalue weighted by Gasteiger charge is -2.79. The standard InChI is InChI=1S/C23H26O/c1-24-20-13-11-19(12-14-20)23-15-22(16-23,18-9-3-2-4-10-18)21(23)17-7-5-6-8-17/h2-4,9-14,17,21H,5-8,15-16H2,1H3/t21-,22?,23?/m0/s1. The minimum Gasteiger partial charge on any atom is -0.497 e. The third-order valence-corrected chi connectivity index (χ3v) is 7.34. The molecule has 0 spiro atoms. The molecule has 0 aliphatic heterocycles. The molecule has 6 rings (SSSR count). The quantitative estimate of drug-likeness (QED) is 0.725. The Labute approximate surface area is 145 Å². The molecule has 0 aromatic heterocycles. The lowest BCUT2D eigenvalue weighted by atomic mass is 9.24. The normalized spacial score (nSPS) is 34.5. The van der Waals surface area contributed by atoms with Crippen molar-refractivity contribution in [2.24, 2.45) is 11.8 Å². The number of methoxy groups -OCH3 is 1. The Kier molecular flexibility index (Phi) is 3.11. The van der Waals surface area contributed by atoms with E-state index in [9.17, 15) is 0 Å². The second kappa shape index (κ2) is 5.12. The fraction of sp³-hybridized carbons (Fsp3) is 0.478. The second-order valence-corrected chi connectivity index (χ2v) is 8.28. The summed E-state index contributed by atoms with van der Waals surface area (Å²) in [4.78, 5) is 0. The van der Waals surface area contributed by atoms with E-state index < -0.39 is 0 Å². The van der Waals surface area contributed by atoms with Crippen LogP contribution < -0.4 is 4.74 Å². The molecule has 4 aliphatic carbocycles. The molecule has 24 heavy (non-hydrogen) atoms. The number of benzene rings is 2. The Morgan fingerprint density at radius 3 is 1.96 bits per heavy atom. The van der Waals surface area contributed by atoms with Gasteiger partial charge in [0, 0.05) is 10.8 Å². The van der Waals surface area contributed by atoms with Crippen LogP contribution in [0.2, 0.25) is 0 Å². The molecule has 1 nitrogen and oxygen atoms in total. The van der Waals surface area contributed by atoms with Gasteiger partial charge in [-0.2, -0.15) is 0 Å². The molecular formula is C23H26O. The summed E-state index contributed by atoms with van der Waals surface area (Å²) >= 11 is 0. The van der Waals surface area contributed by atoms with Crippen molar-refractivity contribution < 1.29 is 4.74 Å². The van der Waals surface area contributed by atoms with Crippen LogP contribution in [0.5, 0.6) is 5.75 Å². The lowest BCUT2D eigenvalue weighted by Crippen LogP contribution is -2.77. The van der Waals surface area contributed by atoms with Gasteiger partial charge in [0.15, 0.2) is 0 Å². The van der Waals surface area contributed by atoms with Crippen molar-refractivity contribution in [3.8, 4) is 5.75 Å². The highest BCUT2D eigenvalue weighted by Crippen LogP contribution is 2.80. The molecule has 1 atom stereocenters. The van der Waals surface area contributed by atoms with E-state index in [4.69, 9.17) is 4.74 Å². The van der Waals surface area contributed by atoms with Gasteiger partial charge in [0.25, 0.3) is 0 Å². The highest BCUT2D eigenvalue weighted by molar-refractivity contribution is 5.52. The minimum absolute atomic E-state index is 0.442. The molecule has 0 unspecified atom stereocenters. The fourth-order valence-corrected chi connectivity index (χ4v) is 6.43. The van der Waals surface area contributed by atoms with Gasteiger partial charge in [-0.3, -0.25) is 0 Å². The van der Waals surface area contributed by atoms with Gasteiger partial charge in [0.2, 0.25) is 0 Å². The topological polar surface area (TPSA) is 9.23 Å². The molecule has 4 saturated carbocycles. The van der Waals surface area contributed by atoms with Gasteiger partial charge in [-0.25, -0.2) is 0 Å². The molecule has 0 amide bonds. The first-order chi connectivity index (χ1) is 11.8. The monoisotopic (exact) mass is 318 g/mol. The summed E-state index contributed by atoms with van der Waals surface area (Å²) in [7, 11) is 1.75. The molecule has 1 heteroatoms.